The maximum Gasteiger partial charge on any atom is 0.153 e. The molecule has 244 valence electrons. The van der Waals surface area contributed by atoms with Gasteiger partial charge in [0.2, 0.25) is 0 Å². The topological polar surface area (TPSA) is 56.2 Å². The third kappa shape index (κ3) is 4.51. The third-order valence-corrected chi connectivity index (χ3v) is 11.6. The van der Waals surface area contributed by atoms with Crippen LogP contribution in [0.5, 0.6) is 0 Å². The first kappa shape index (κ1) is 29.0. The maximum atomic E-state index is 6.66. The molecule has 3 atom stereocenters. The largest absolute Gasteiger partial charge is 0.610 e. The number of fused-ring (bicyclic) bond motifs is 10. The second-order valence-corrected chi connectivity index (χ2v) is 14.4. The van der Waals surface area contributed by atoms with Crippen molar-refractivity contribution in [3.63, 3.8) is 0 Å². The minimum absolute atomic E-state index is 0.109. The van der Waals surface area contributed by atoms with Gasteiger partial charge in [0.15, 0.2) is 5.58 Å². The first-order valence-corrected chi connectivity index (χ1v) is 18.2. The second kappa shape index (κ2) is 11.4. The van der Waals surface area contributed by atoms with Crippen LogP contribution in [0.4, 0.5) is 0 Å². The standard InChI is InChI=1S/C45H31N4OS/c1-3-12-27(13-4-1)30-18-11-21-38-40(30)34-24-23-33-35-26-29(22-25-39(35)51-42(33)41(34)50-38)44-46-43(28-14-5-2-6-15-28)47-45(48-44)49-36-19-9-7-16-31(36)32-17-8-10-20-37(32)49/h1-26,43-47H/q-1. The van der Waals surface area contributed by atoms with Crippen LogP contribution in [0.3, 0.4) is 0 Å². The van der Waals surface area contributed by atoms with Crippen LogP contribution < -0.4 is 10.6 Å². The Morgan fingerprint density at radius 3 is 2.06 bits per heavy atom. The van der Waals surface area contributed by atoms with Crippen LogP contribution in [-0.4, -0.2) is 4.57 Å². The molecular weight excluding hydrogens is 645 g/mol. The van der Waals surface area contributed by atoms with Crippen molar-refractivity contribution in [1.29, 1.82) is 0 Å². The Morgan fingerprint density at radius 2 is 1.27 bits per heavy atom. The van der Waals surface area contributed by atoms with Crippen molar-refractivity contribution in [2.75, 3.05) is 0 Å². The molecule has 1 fully saturated rings. The summed E-state index contributed by atoms with van der Waals surface area (Å²) in [5.41, 5.74) is 8.89. The number of rotatable bonds is 4. The lowest BCUT2D eigenvalue weighted by molar-refractivity contribution is 0.275. The van der Waals surface area contributed by atoms with Crippen molar-refractivity contribution in [3.8, 4) is 11.1 Å². The molecule has 1 saturated heterocycles. The van der Waals surface area contributed by atoms with Crippen molar-refractivity contribution in [1.82, 2.24) is 15.2 Å². The average molecular weight is 676 g/mol. The lowest BCUT2D eigenvalue weighted by Gasteiger charge is -2.51. The van der Waals surface area contributed by atoms with Gasteiger partial charge in [-0.3, -0.25) is 5.32 Å². The zero-order valence-corrected chi connectivity index (χ0v) is 28.3. The zero-order chi connectivity index (χ0) is 33.5. The van der Waals surface area contributed by atoms with E-state index in [0.29, 0.717) is 0 Å². The summed E-state index contributed by atoms with van der Waals surface area (Å²) in [7, 11) is 0. The van der Waals surface area contributed by atoms with Gasteiger partial charge in [0.1, 0.15) is 5.58 Å². The molecule has 4 heterocycles. The molecule has 2 N–H and O–H groups in total. The molecular formula is C45H31N4OS-. The van der Waals surface area contributed by atoms with Crippen molar-refractivity contribution >= 4 is 75.3 Å². The number of benzene rings is 7. The first-order chi connectivity index (χ1) is 25.3. The molecule has 1 aliphatic heterocycles. The number of para-hydroxylation sites is 2. The van der Waals surface area contributed by atoms with E-state index < -0.39 is 0 Å². The van der Waals surface area contributed by atoms with Crippen LogP contribution in [0.25, 0.3) is 80.4 Å². The monoisotopic (exact) mass is 675 g/mol. The average Bonchev–Trinajstić information content (AvgIpc) is 3.88. The van der Waals surface area contributed by atoms with Gasteiger partial charge in [-0.05, 0) is 59.4 Å². The van der Waals surface area contributed by atoms with Gasteiger partial charge >= 0.3 is 0 Å². The molecule has 3 aromatic heterocycles. The van der Waals surface area contributed by atoms with Gasteiger partial charge in [0.25, 0.3) is 0 Å². The Hall–Kier alpha value is -5.76. The van der Waals surface area contributed by atoms with Crippen molar-refractivity contribution in [2.24, 2.45) is 0 Å². The smallest absolute Gasteiger partial charge is 0.153 e. The summed E-state index contributed by atoms with van der Waals surface area (Å²) in [6, 6.07) is 56.2. The summed E-state index contributed by atoms with van der Waals surface area (Å²) in [4.78, 5) is 0. The van der Waals surface area contributed by atoms with Crippen LogP contribution in [0.15, 0.2) is 162 Å². The summed E-state index contributed by atoms with van der Waals surface area (Å²) >= 11 is 1.80. The van der Waals surface area contributed by atoms with E-state index >= 15 is 0 Å². The molecule has 10 aromatic rings. The number of nitrogens with zero attached hydrogens (tertiary/aromatic N) is 2. The fraction of sp³-hybridized carbons (Fsp3) is 0.0667. The summed E-state index contributed by atoms with van der Waals surface area (Å²) in [6.45, 7) is 0. The second-order valence-electron chi connectivity index (χ2n) is 13.3. The molecule has 0 bridgehead atoms. The Balaban J connectivity index is 1.05. The summed E-state index contributed by atoms with van der Waals surface area (Å²) in [5, 5.41) is 20.4. The van der Waals surface area contributed by atoms with Crippen LogP contribution in [-0.2, 0) is 0 Å². The lowest BCUT2D eigenvalue weighted by Crippen LogP contribution is -2.46. The Morgan fingerprint density at radius 1 is 0.569 bits per heavy atom. The molecule has 51 heavy (non-hydrogen) atoms. The van der Waals surface area contributed by atoms with Crippen molar-refractivity contribution in [3.05, 3.63) is 174 Å². The fourth-order valence-electron chi connectivity index (χ4n) is 8.12. The number of nitrogens with one attached hydrogen (secondary N) is 2. The van der Waals surface area contributed by atoms with Gasteiger partial charge < -0.3 is 19.6 Å². The highest BCUT2D eigenvalue weighted by atomic mass is 32.1. The SMILES string of the molecule is c1ccc(-c2cccc3oc4c(ccc5c6cc(C7[N-]C(n8c9ccccc9c9ccccc98)NC(c8ccccc8)N7)ccc6sc54)c23)cc1. The van der Waals surface area contributed by atoms with Gasteiger partial charge in [0.05, 0.1) is 10.9 Å². The Kier molecular flexibility index (Phi) is 6.48. The molecule has 0 saturated carbocycles. The van der Waals surface area contributed by atoms with E-state index in [4.69, 9.17) is 9.73 Å². The maximum absolute atomic E-state index is 6.66. The van der Waals surface area contributed by atoms with Crippen molar-refractivity contribution in [2.45, 2.75) is 18.6 Å². The van der Waals surface area contributed by atoms with E-state index in [1.54, 1.807) is 11.3 Å². The highest BCUT2D eigenvalue weighted by Gasteiger charge is 2.25. The summed E-state index contributed by atoms with van der Waals surface area (Å²) < 4.78 is 11.4. The van der Waals surface area contributed by atoms with Gasteiger partial charge in [-0.15, -0.1) is 11.3 Å². The van der Waals surface area contributed by atoms with E-state index in [0.717, 1.165) is 33.1 Å². The number of hydrogen-bond donors (Lipinski definition) is 2. The quantitative estimate of drug-likeness (QED) is 0.195. The number of thiophene rings is 1. The minimum Gasteiger partial charge on any atom is -0.610 e. The number of furan rings is 1. The Labute approximate surface area is 297 Å². The predicted octanol–water partition coefficient (Wildman–Crippen LogP) is 12.1. The number of aromatic nitrogens is 1. The van der Waals surface area contributed by atoms with E-state index in [2.05, 4.69) is 173 Å². The molecule has 7 aromatic carbocycles. The van der Waals surface area contributed by atoms with E-state index in [9.17, 15) is 0 Å². The minimum atomic E-state index is -0.296. The highest BCUT2D eigenvalue weighted by molar-refractivity contribution is 7.26. The molecule has 5 nitrogen and oxygen atoms in total. The Bertz CT molecular complexity index is 2870. The molecule has 0 aliphatic carbocycles. The van der Waals surface area contributed by atoms with Crippen LogP contribution >= 0.6 is 11.3 Å². The van der Waals surface area contributed by atoms with E-state index in [-0.39, 0.29) is 18.6 Å². The lowest BCUT2D eigenvalue weighted by atomic mass is 9.99. The van der Waals surface area contributed by atoms with Crippen molar-refractivity contribution < 1.29 is 4.42 Å². The molecule has 3 unspecified atom stereocenters. The van der Waals surface area contributed by atoms with Crippen LogP contribution in [0, 0.1) is 0 Å². The van der Waals surface area contributed by atoms with Gasteiger partial charge in [-0.1, -0.05) is 133 Å². The molecule has 1 aliphatic rings. The molecule has 11 rings (SSSR count). The molecule has 6 heteroatoms. The van der Waals surface area contributed by atoms with E-state index in [1.165, 1.54) is 53.0 Å². The normalized spacial score (nSPS) is 18.2. The van der Waals surface area contributed by atoms with Gasteiger partial charge in [-0.2, -0.15) is 0 Å². The fourth-order valence-corrected chi connectivity index (χ4v) is 9.29. The first-order valence-electron chi connectivity index (χ1n) is 17.4. The molecule has 0 amide bonds. The summed E-state index contributed by atoms with van der Waals surface area (Å²) in [5.74, 6) is 0. The third-order valence-electron chi connectivity index (χ3n) is 10.5. The van der Waals surface area contributed by atoms with Gasteiger partial charge in [-0.25, -0.2) is 0 Å². The molecule has 0 spiro atoms. The molecule has 0 radical (unpaired) electrons. The zero-order valence-electron chi connectivity index (χ0n) is 27.5. The van der Waals surface area contributed by atoms with E-state index in [1.807, 2.05) is 0 Å². The predicted molar refractivity (Wildman–Crippen MR) is 212 cm³/mol. The highest BCUT2D eigenvalue weighted by Crippen LogP contribution is 2.46. The summed E-state index contributed by atoms with van der Waals surface area (Å²) in [6.07, 6.45) is -0.651. The number of hydrogen-bond acceptors (Lipinski definition) is 4. The van der Waals surface area contributed by atoms with Crippen LogP contribution in [0.1, 0.15) is 29.7 Å². The van der Waals surface area contributed by atoms with Gasteiger partial charge in [0, 0.05) is 48.1 Å². The van der Waals surface area contributed by atoms with Crippen LogP contribution in [0.2, 0.25) is 0 Å².